The summed E-state index contributed by atoms with van der Waals surface area (Å²) >= 11 is 5.08. The van der Waals surface area contributed by atoms with Gasteiger partial charge in [-0.1, -0.05) is 36.4 Å². The van der Waals surface area contributed by atoms with Gasteiger partial charge in [-0.25, -0.2) is 0 Å². The van der Waals surface area contributed by atoms with E-state index in [0.717, 1.165) is 5.56 Å². The average molecular weight is 310 g/mol. The van der Waals surface area contributed by atoms with E-state index in [1.165, 1.54) is 6.07 Å². The molecule has 22 heavy (non-hydrogen) atoms. The van der Waals surface area contributed by atoms with E-state index in [2.05, 4.69) is 16.2 Å². The second kappa shape index (κ2) is 7.76. The summed E-state index contributed by atoms with van der Waals surface area (Å²) in [5, 5.41) is 12.1. The van der Waals surface area contributed by atoms with E-state index in [1.807, 2.05) is 36.4 Å². The fraction of sp³-hybridized carbons (Fsp3) is 0.0625. The highest BCUT2D eigenvalue weighted by Gasteiger charge is 2.06. The zero-order valence-electron chi connectivity index (χ0n) is 11.7. The molecular formula is C16H14N4OS. The summed E-state index contributed by atoms with van der Waals surface area (Å²) in [6, 6.07) is 18.2. The van der Waals surface area contributed by atoms with Crippen LogP contribution in [-0.4, -0.2) is 11.0 Å². The Bertz CT molecular complexity index is 710. The molecule has 2 aromatic carbocycles. The Hall–Kier alpha value is -2.91. The molecule has 3 N–H and O–H groups in total. The van der Waals surface area contributed by atoms with Crippen molar-refractivity contribution >= 4 is 23.2 Å². The number of nitrogens with zero attached hydrogens (tertiary/aromatic N) is 1. The summed E-state index contributed by atoms with van der Waals surface area (Å²) in [6.07, 6.45) is 0. The first-order valence-corrected chi connectivity index (χ1v) is 6.98. The van der Waals surface area contributed by atoms with Crippen molar-refractivity contribution in [2.45, 2.75) is 6.54 Å². The van der Waals surface area contributed by atoms with E-state index < -0.39 is 0 Å². The molecule has 0 unspecified atom stereocenters. The zero-order valence-corrected chi connectivity index (χ0v) is 12.5. The van der Waals surface area contributed by atoms with Gasteiger partial charge >= 0.3 is 0 Å². The molecule has 110 valence electrons. The van der Waals surface area contributed by atoms with E-state index >= 15 is 0 Å². The van der Waals surface area contributed by atoms with Crippen LogP contribution in [0.3, 0.4) is 0 Å². The van der Waals surface area contributed by atoms with Gasteiger partial charge < -0.3 is 5.32 Å². The summed E-state index contributed by atoms with van der Waals surface area (Å²) in [4.78, 5) is 11.9. The fourth-order valence-electron chi connectivity index (χ4n) is 1.74. The Morgan fingerprint density at radius 1 is 1.09 bits per heavy atom. The molecule has 0 aliphatic rings. The topological polar surface area (TPSA) is 77.0 Å². The van der Waals surface area contributed by atoms with Crippen molar-refractivity contribution in [2.24, 2.45) is 0 Å². The molecule has 0 spiro atoms. The third-order valence-corrected chi connectivity index (χ3v) is 3.09. The Labute approximate surface area is 133 Å². The van der Waals surface area contributed by atoms with E-state index in [-0.39, 0.29) is 5.91 Å². The van der Waals surface area contributed by atoms with Gasteiger partial charge in [0.2, 0.25) is 0 Å². The molecular weight excluding hydrogens is 296 g/mol. The van der Waals surface area contributed by atoms with E-state index in [0.29, 0.717) is 22.8 Å². The monoisotopic (exact) mass is 310 g/mol. The molecule has 0 saturated carbocycles. The summed E-state index contributed by atoms with van der Waals surface area (Å²) in [6.45, 7) is 0.562. The average Bonchev–Trinajstić information content (AvgIpc) is 2.58. The maximum Gasteiger partial charge on any atom is 0.269 e. The number of carbonyl (C=O) groups is 1. The number of hydrogen-bond donors (Lipinski definition) is 3. The Morgan fingerprint density at radius 3 is 2.59 bits per heavy atom. The van der Waals surface area contributed by atoms with Crippen LogP contribution in [0.2, 0.25) is 0 Å². The van der Waals surface area contributed by atoms with Crippen LogP contribution in [0.5, 0.6) is 0 Å². The first kappa shape index (κ1) is 15.5. The molecule has 0 saturated heterocycles. The van der Waals surface area contributed by atoms with Gasteiger partial charge in [0.1, 0.15) is 0 Å². The molecule has 0 aliphatic heterocycles. The molecule has 0 aliphatic carbocycles. The number of carbonyl (C=O) groups excluding carboxylic acids is 1. The quantitative estimate of drug-likeness (QED) is 0.596. The zero-order chi connectivity index (χ0) is 15.8. The number of nitriles is 1. The molecule has 0 heterocycles. The first-order valence-electron chi connectivity index (χ1n) is 6.57. The molecule has 0 atom stereocenters. The Kier molecular flexibility index (Phi) is 5.46. The van der Waals surface area contributed by atoms with Crippen molar-refractivity contribution in [1.29, 1.82) is 5.26 Å². The predicted octanol–water partition coefficient (Wildman–Crippen LogP) is 1.87. The van der Waals surface area contributed by atoms with Crippen molar-refractivity contribution in [3.63, 3.8) is 0 Å². The van der Waals surface area contributed by atoms with Crippen LogP contribution in [0.15, 0.2) is 54.6 Å². The van der Waals surface area contributed by atoms with Crippen LogP contribution < -0.4 is 16.2 Å². The number of hydrazine groups is 1. The first-order chi connectivity index (χ1) is 10.7. The van der Waals surface area contributed by atoms with Crippen molar-refractivity contribution in [3.05, 3.63) is 71.3 Å². The fourth-order valence-corrected chi connectivity index (χ4v) is 1.86. The smallest absolute Gasteiger partial charge is 0.269 e. The van der Waals surface area contributed by atoms with E-state index in [9.17, 15) is 4.79 Å². The summed E-state index contributed by atoms with van der Waals surface area (Å²) in [5.41, 5.74) is 7.01. The molecule has 0 fully saturated rings. The third-order valence-electron chi connectivity index (χ3n) is 2.84. The molecule has 0 bridgehead atoms. The predicted molar refractivity (Wildman–Crippen MR) is 87.6 cm³/mol. The van der Waals surface area contributed by atoms with E-state index in [1.54, 1.807) is 18.2 Å². The van der Waals surface area contributed by atoms with Crippen LogP contribution in [0.25, 0.3) is 0 Å². The highest BCUT2D eigenvalue weighted by Crippen LogP contribution is 2.03. The van der Waals surface area contributed by atoms with Gasteiger partial charge in [0, 0.05) is 12.1 Å². The Balaban J connectivity index is 1.80. The van der Waals surface area contributed by atoms with Gasteiger partial charge in [0.15, 0.2) is 5.11 Å². The lowest BCUT2D eigenvalue weighted by atomic mass is 10.1. The Morgan fingerprint density at radius 2 is 1.86 bits per heavy atom. The molecule has 0 radical (unpaired) electrons. The third kappa shape index (κ3) is 4.58. The molecule has 2 rings (SSSR count). The molecule has 1 amide bonds. The van der Waals surface area contributed by atoms with Gasteiger partial charge in [-0.3, -0.25) is 15.6 Å². The molecule has 0 aromatic heterocycles. The number of rotatable bonds is 3. The van der Waals surface area contributed by atoms with Gasteiger partial charge in [-0.2, -0.15) is 5.26 Å². The number of nitrogens with one attached hydrogen (secondary N) is 3. The minimum Gasteiger partial charge on any atom is -0.357 e. The van der Waals surface area contributed by atoms with Gasteiger partial charge in [0.25, 0.3) is 5.91 Å². The minimum absolute atomic E-state index is 0.314. The minimum atomic E-state index is -0.360. The highest BCUT2D eigenvalue weighted by atomic mass is 32.1. The summed E-state index contributed by atoms with van der Waals surface area (Å²) < 4.78 is 0. The number of thiocarbonyl (C=S) groups is 1. The second-order valence-corrected chi connectivity index (χ2v) is 4.85. The van der Waals surface area contributed by atoms with E-state index in [4.69, 9.17) is 17.5 Å². The normalized spacial score (nSPS) is 9.41. The second-order valence-electron chi connectivity index (χ2n) is 4.44. The van der Waals surface area contributed by atoms with Gasteiger partial charge in [-0.05, 0) is 36.0 Å². The lowest BCUT2D eigenvalue weighted by Gasteiger charge is -2.11. The van der Waals surface area contributed by atoms with Crippen LogP contribution in [0.4, 0.5) is 0 Å². The maximum atomic E-state index is 11.9. The standard InChI is InChI=1S/C16H14N4OS/c17-10-13-7-4-8-14(9-13)15(21)19-20-16(22)18-11-12-5-2-1-3-6-12/h1-9H,11H2,(H,19,21)(H2,18,20,22). The lowest BCUT2D eigenvalue weighted by Crippen LogP contribution is -2.46. The van der Waals surface area contributed by atoms with Crippen LogP contribution in [0.1, 0.15) is 21.5 Å². The summed E-state index contributed by atoms with van der Waals surface area (Å²) in [7, 11) is 0. The number of benzene rings is 2. The number of hydrogen-bond acceptors (Lipinski definition) is 3. The SMILES string of the molecule is N#Cc1cccc(C(=O)NNC(=S)NCc2ccccc2)c1. The van der Waals surface area contributed by atoms with Crippen LogP contribution >= 0.6 is 12.2 Å². The maximum absolute atomic E-state index is 11.9. The van der Waals surface area contributed by atoms with Crippen molar-refractivity contribution in [3.8, 4) is 6.07 Å². The van der Waals surface area contributed by atoms with Crippen molar-refractivity contribution < 1.29 is 4.79 Å². The lowest BCUT2D eigenvalue weighted by molar-refractivity contribution is 0.0943. The largest absolute Gasteiger partial charge is 0.357 e. The summed E-state index contributed by atoms with van der Waals surface area (Å²) in [5.74, 6) is -0.360. The van der Waals surface area contributed by atoms with Crippen molar-refractivity contribution in [2.75, 3.05) is 0 Å². The van der Waals surface area contributed by atoms with Crippen LogP contribution in [-0.2, 0) is 6.54 Å². The highest BCUT2D eigenvalue weighted by molar-refractivity contribution is 7.80. The van der Waals surface area contributed by atoms with Gasteiger partial charge in [-0.15, -0.1) is 0 Å². The molecule has 2 aromatic rings. The molecule has 6 heteroatoms. The van der Waals surface area contributed by atoms with Crippen molar-refractivity contribution in [1.82, 2.24) is 16.2 Å². The van der Waals surface area contributed by atoms with Crippen LogP contribution in [0, 0.1) is 11.3 Å². The number of amides is 1. The molecule has 5 nitrogen and oxygen atoms in total. The van der Waals surface area contributed by atoms with Gasteiger partial charge in [0.05, 0.1) is 11.6 Å².